The largest absolute Gasteiger partial charge is 0.494 e. The highest BCUT2D eigenvalue weighted by molar-refractivity contribution is 9.10. The number of nitrogens with zero attached hydrogens (tertiary/aromatic N) is 1. The molecule has 0 aliphatic carbocycles. The molecule has 0 radical (unpaired) electrons. The van der Waals surface area contributed by atoms with Crippen molar-refractivity contribution in [1.82, 2.24) is 4.57 Å². The van der Waals surface area contributed by atoms with Crippen molar-refractivity contribution in [2.24, 2.45) is 0 Å². The van der Waals surface area contributed by atoms with Crippen LogP contribution in [0, 0.1) is 0 Å². The monoisotopic (exact) mass is 371 g/mol. The number of benzene rings is 2. The van der Waals surface area contributed by atoms with E-state index in [0.29, 0.717) is 0 Å². The Kier molecular flexibility index (Phi) is 2.65. The zero-order valence-corrected chi connectivity index (χ0v) is 13.7. The lowest BCUT2D eigenvalue weighted by atomic mass is 9.95. The molecule has 4 nitrogen and oxygen atoms in total. The zero-order chi connectivity index (χ0) is 15.7. The van der Waals surface area contributed by atoms with Crippen molar-refractivity contribution in [1.29, 1.82) is 0 Å². The van der Waals surface area contributed by atoms with Crippen LogP contribution in [0.2, 0.25) is 0 Å². The van der Waals surface area contributed by atoms with Crippen LogP contribution in [-0.2, 0) is 4.74 Å². The number of halogens is 1. The maximum absolute atomic E-state index is 10.7. The minimum atomic E-state index is -0.0936. The Hall–Kier alpha value is -1.98. The quantitative estimate of drug-likeness (QED) is 0.651. The minimum absolute atomic E-state index is 0.0936. The summed E-state index contributed by atoms with van der Waals surface area (Å²) in [7, 11) is 0. The van der Waals surface area contributed by atoms with Crippen LogP contribution < -0.4 is 0 Å². The summed E-state index contributed by atoms with van der Waals surface area (Å²) in [6.45, 7) is 0. The van der Waals surface area contributed by atoms with Gasteiger partial charge in [-0.3, -0.25) is 4.57 Å². The van der Waals surface area contributed by atoms with Crippen LogP contribution in [0.15, 0.2) is 40.9 Å². The van der Waals surface area contributed by atoms with E-state index in [2.05, 4.69) is 15.9 Å². The molecule has 2 aliphatic rings. The summed E-state index contributed by atoms with van der Waals surface area (Å²) in [5, 5.41) is 23.5. The summed E-state index contributed by atoms with van der Waals surface area (Å²) in [6, 6.07) is 11.8. The van der Waals surface area contributed by atoms with Gasteiger partial charge in [0.05, 0.1) is 29.0 Å². The molecule has 2 aromatic carbocycles. The molecule has 1 saturated heterocycles. The molecule has 2 unspecified atom stereocenters. The SMILES string of the molecule is Oc1c2c(c(O)n1-c1ccc(Br)c3ccccc13)C1CCC2O1. The third-order valence-corrected chi connectivity index (χ3v) is 5.64. The van der Waals surface area contributed by atoms with Gasteiger partial charge in [0.1, 0.15) is 0 Å². The van der Waals surface area contributed by atoms with E-state index >= 15 is 0 Å². The number of hydrogen-bond acceptors (Lipinski definition) is 3. The predicted octanol–water partition coefficient (Wildman–Crippen LogP) is 4.71. The first kappa shape index (κ1) is 13.5. The topological polar surface area (TPSA) is 54.6 Å². The van der Waals surface area contributed by atoms with Crippen LogP contribution in [0.4, 0.5) is 0 Å². The fraction of sp³-hybridized carbons (Fsp3) is 0.222. The molecule has 1 aromatic heterocycles. The van der Waals surface area contributed by atoms with E-state index in [1.165, 1.54) is 0 Å². The first-order chi connectivity index (χ1) is 11.2. The van der Waals surface area contributed by atoms with Crippen molar-refractivity contribution < 1.29 is 14.9 Å². The average molecular weight is 372 g/mol. The van der Waals surface area contributed by atoms with Crippen LogP contribution in [0.5, 0.6) is 11.8 Å². The van der Waals surface area contributed by atoms with Crippen molar-refractivity contribution in [2.45, 2.75) is 25.0 Å². The van der Waals surface area contributed by atoms with Crippen molar-refractivity contribution in [3.63, 3.8) is 0 Å². The van der Waals surface area contributed by atoms with Gasteiger partial charge in [-0.15, -0.1) is 0 Å². The lowest BCUT2D eigenvalue weighted by Gasteiger charge is -2.13. The maximum Gasteiger partial charge on any atom is 0.205 e. The van der Waals surface area contributed by atoms with E-state index in [1.807, 2.05) is 36.4 Å². The van der Waals surface area contributed by atoms with Gasteiger partial charge in [0.25, 0.3) is 0 Å². The van der Waals surface area contributed by atoms with E-state index in [0.717, 1.165) is 44.9 Å². The molecule has 3 heterocycles. The van der Waals surface area contributed by atoms with Gasteiger partial charge < -0.3 is 14.9 Å². The van der Waals surface area contributed by atoms with Gasteiger partial charge in [-0.25, -0.2) is 0 Å². The molecule has 2 bridgehead atoms. The summed E-state index contributed by atoms with van der Waals surface area (Å²) in [5.41, 5.74) is 2.28. The van der Waals surface area contributed by atoms with Crippen molar-refractivity contribution in [3.8, 4) is 17.4 Å². The summed E-state index contributed by atoms with van der Waals surface area (Å²) in [6.07, 6.45) is 1.61. The van der Waals surface area contributed by atoms with E-state index in [-0.39, 0.29) is 24.0 Å². The zero-order valence-electron chi connectivity index (χ0n) is 12.2. The Bertz CT molecular complexity index is 929. The highest BCUT2D eigenvalue weighted by atomic mass is 79.9. The second kappa shape index (κ2) is 4.52. The van der Waals surface area contributed by atoms with Crippen LogP contribution in [0.25, 0.3) is 16.5 Å². The van der Waals surface area contributed by atoms with Crippen LogP contribution in [0.1, 0.15) is 36.2 Å². The molecule has 1 fully saturated rings. The molecule has 116 valence electrons. The molecule has 0 amide bonds. The van der Waals surface area contributed by atoms with Gasteiger partial charge in [-0.05, 0) is 30.4 Å². The second-order valence-corrected chi connectivity index (χ2v) is 6.97. The third kappa shape index (κ3) is 1.64. The number of ether oxygens (including phenoxy) is 1. The highest BCUT2D eigenvalue weighted by Crippen LogP contribution is 2.58. The van der Waals surface area contributed by atoms with Crippen LogP contribution in [0.3, 0.4) is 0 Å². The van der Waals surface area contributed by atoms with E-state index in [4.69, 9.17) is 4.74 Å². The van der Waals surface area contributed by atoms with E-state index in [1.54, 1.807) is 4.57 Å². The standard InChI is InChI=1S/C18H14BrNO3/c19-11-5-6-12(10-4-2-1-3-9(10)11)20-17(21)15-13-7-8-14(23-13)16(15)18(20)22/h1-6,13-14,21-22H,7-8H2. The lowest BCUT2D eigenvalue weighted by Crippen LogP contribution is -1.97. The lowest BCUT2D eigenvalue weighted by molar-refractivity contribution is 0.0683. The number of hydrogen-bond donors (Lipinski definition) is 2. The van der Waals surface area contributed by atoms with Crippen LogP contribution in [-0.4, -0.2) is 14.8 Å². The van der Waals surface area contributed by atoms with Gasteiger partial charge in [0, 0.05) is 9.86 Å². The smallest absolute Gasteiger partial charge is 0.205 e. The Morgan fingerprint density at radius 2 is 1.52 bits per heavy atom. The number of fused-ring (bicyclic) bond motifs is 6. The Labute approximate surface area is 141 Å². The second-order valence-electron chi connectivity index (χ2n) is 6.11. The number of aromatic hydroxyl groups is 2. The highest BCUT2D eigenvalue weighted by Gasteiger charge is 2.45. The molecule has 2 aliphatic heterocycles. The normalized spacial score (nSPS) is 22.0. The molecule has 2 atom stereocenters. The minimum Gasteiger partial charge on any atom is -0.494 e. The molecule has 5 rings (SSSR count). The first-order valence-corrected chi connectivity index (χ1v) is 8.45. The average Bonchev–Trinajstić information content (AvgIpc) is 3.24. The van der Waals surface area contributed by atoms with E-state index in [9.17, 15) is 10.2 Å². The molecule has 5 heteroatoms. The molecule has 23 heavy (non-hydrogen) atoms. The predicted molar refractivity (Wildman–Crippen MR) is 90.1 cm³/mol. The van der Waals surface area contributed by atoms with Crippen molar-refractivity contribution in [2.75, 3.05) is 0 Å². The van der Waals surface area contributed by atoms with Gasteiger partial charge in [-0.2, -0.15) is 0 Å². The third-order valence-electron chi connectivity index (χ3n) is 4.95. The molecular formula is C18H14BrNO3. The Morgan fingerprint density at radius 3 is 2.17 bits per heavy atom. The van der Waals surface area contributed by atoms with Crippen LogP contribution >= 0.6 is 15.9 Å². The molecular weight excluding hydrogens is 358 g/mol. The van der Waals surface area contributed by atoms with Crippen molar-refractivity contribution >= 4 is 26.7 Å². The molecule has 0 saturated carbocycles. The summed E-state index contributed by atoms with van der Waals surface area (Å²) in [4.78, 5) is 0. The Morgan fingerprint density at radius 1 is 0.913 bits per heavy atom. The summed E-state index contributed by atoms with van der Waals surface area (Å²) < 4.78 is 8.34. The molecule has 2 N–H and O–H groups in total. The Balaban J connectivity index is 1.84. The van der Waals surface area contributed by atoms with E-state index < -0.39 is 0 Å². The van der Waals surface area contributed by atoms with Gasteiger partial charge in [-0.1, -0.05) is 40.2 Å². The molecule has 3 aromatic rings. The number of rotatable bonds is 1. The summed E-state index contributed by atoms with van der Waals surface area (Å²) >= 11 is 3.56. The summed E-state index contributed by atoms with van der Waals surface area (Å²) in [5.74, 6) is 0.189. The fourth-order valence-corrected chi connectivity index (χ4v) is 4.43. The maximum atomic E-state index is 10.7. The van der Waals surface area contributed by atoms with Gasteiger partial charge in [0.2, 0.25) is 11.8 Å². The van der Waals surface area contributed by atoms with Gasteiger partial charge >= 0.3 is 0 Å². The fourth-order valence-electron chi connectivity index (χ4n) is 3.95. The van der Waals surface area contributed by atoms with Crippen molar-refractivity contribution in [3.05, 3.63) is 52.0 Å². The van der Waals surface area contributed by atoms with Gasteiger partial charge in [0.15, 0.2) is 0 Å². The molecule has 0 spiro atoms. The number of aromatic nitrogens is 1. The first-order valence-electron chi connectivity index (χ1n) is 7.66.